The highest BCUT2D eigenvalue weighted by molar-refractivity contribution is 6.32. The molecule has 0 radical (unpaired) electrons. The number of rotatable bonds is 7. The number of hydrogen-bond acceptors (Lipinski definition) is 7. The smallest absolute Gasteiger partial charge is 0.256 e. The van der Waals surface area contributed by atoms with Crippen LogP contribution in [0.4, 0.5) is 11.8 Å². The van der Waals surface area contributed by atoms with Gasteiger partial charge in [-0.25, -0.2) is 4.98 Å². The van der Waals surface area contributed by atoms with E-state index in [-0.39, 0.29) is 11.9 Å². The van der Waals surface area contributed by atoms with E-state index in [1.54, 1.807) is 13.3 Å². The topological polar surface area (TPSA) is 82.6 Å². The number of benzene rings is 1. The van der Waals surface area contributed by atoms with Gasteiger partial charge in [0.2, 0.25) is 5.95 Å². The molecule has 8 nitrogen and oxygen atoms in total. The van der Waals surface area contributed by atoms with Crippen molar-refractivity contribution in [2.45, 2.75) is 31.5 Å². The summed E-state index contributed by atoms with van der Waals surface area (Å²) in [6.45, 7) is 3.51. The van der Waals surface area contributed by atoms with E-state index in [9.17, 15) is 4.79 Å². The largest absolute Gasteiger partial charge is 0.495 e. The van der Waals surface area contributed by atoms with Gasteiger partial charge >= 0.3 is 0 Å². The molecule has 1 aromatic carbocycles. The zero-order valence-corrected chi connectivity index (χ0v) is 19.7. The molecule has 2 saturated carbocycles. The second kappa shape index (κ2) is 8.02. The molecule has 2 aromatic rings. The zero-order valence-electron chi connectivity index (χ0n) is 18.9. The monoisotopic (exact) mass is 468 g/mol. The van der Waals surface area contributed by atoms with E-state index in [1.807, 2.05) is 18.2 Å². The van der Waals surface area contributed by atoms with Crippen LogP contribution in [0.15, 0.2) is 24.4 Å². The van der Waals surface area contributed by atoms with E-state index >= 15 is 0 Å². The first-order chi connectivity index (χ1) is 16.0. The molecule has 2 N–H and O–H groups in total. The first-order valence-corrected chi connectivity index (χ1v) is 12.1. The molecular weight excluding hydrogens is 440 g/mol. The highest BCUT2D eigenvalue weighted by Crippen LogP contribution is 2.75. The number of likely N-dealkylation sites (tertiary alicyclic amines) is 1. The summed E-state index contributed by atoms with van der Waals surface area (Å²) in [5, 5.41) is 7.12. The molecule has 2 unspecified atom stereocenters. The number of methoxy groups -OCH3 is 1. The standard InChI is InChI=1S/C24H29ClN6O2/c1-30-7-5-14(6-8-30)28-23(32)15-11-27-24(31-12-16-19-20(16)21(19)31)29-22(15)26-10-13-3-4-18(33-2)17(25)9-13/h3-4,9,11,14,16,19-21H,5-8,10,12H2,1-2H3,(H,28,32)(H,26,27,29). The molecule has 2 atom stereocenters. The molecule has 5 aliphatic rings. The predicted molar refractivity (Wildman–Crippen MR) is 127 cm³/mol. The molecule has 1 amide bonds. The first kappa shape index (κ1) is 21.0. The minimum atomic E-state index is -0.122. The van der Waals surface area contributed by atoms with Gasteiger partial charge in [-0.3, -0.25) is 4.79 Å². The lowest BCUT2D eigenvalue weighted by atomic mass is 10.1. The maximum absolute atomic E-state index is 13.2. The number of nitrogens with one attached hydrogen (secondary N) is 2. The summed E-state index contributed by atoms with van der Waals surface area (Å²) in [7, 11) is 3.71. The Morgan fingerprint density at radius 2 is 2.06 bits per heavy atom. The maximum Gasteiger partial charge on any atom is 0.256 e. The number of halogens is 1. The van der Waals surface area contributed by atoms with E-state index in [0.717, 1.165) is 61.7 Å². The highest BCUT2D eigenvalue weighted by atomic mass is 35.5. The third-order valence-corrected chi connectivity index (χ3v) is 8.01. The van der Waals surface area contributed by atoms with Gasteiger partial charge in [0, 0.05) is 31.4 Å². The number of hydrogen-bond donors (Lipinski definition) is 2. The second-order valence-corrected chi connectivity index (χ2v) is 10.2. The fourth-order valence-corrected chi connectivity index (χ4v) is 5.87. The average Bonchev–Trinajstić information content (AvgIpc) is 3.63. The Kier molecular flexibility index (Phi) is 5.10. The van der Waals surface area contributed by atoms with Crippen LogP contribution >= 0.6 is 11.6 Å². The molecule has 1 aromatic heterocycles. The van der Waals surface area contributed by atoms with Gasteiger partial charge in [0.1, 0.15) is 17.1 Å². The Morgan fingerprint density at radius 3 is 2.73 bits per heavy atom. The summed E-state index contributed by atoms with van der Waals surface area (Å²) < 4.78 is 5.25. The third-order valence-electron chi connectivity index (χ3n) is 7.72. The van der Waals surface area contributed by atoms with Crippen LogP contribution in [0.25, 0.3) is 0 Å². The molecule has 2 aliphatic carbocycles. The summed E-state index contributed by atoms with van der Waals surface area (Å²) in [6.07, 6.45) is 3.59. The van der Waals surface area contributed by atoms with Crippen molar-refractivity contribution in [3.63, 3.8) is 0 Å². The molecule has 3 saturated heterocycles. The molecule has 33 heavy (non-hydrogen) atoms. The molecular formula is C24H29ClN6O2. The maximum atomic E-state index is 13.2. The van der Waals surface area contributed by atoms with Crippen molar-refractivity contribution < 1.29 is 9.53 Å². The van der Waals surface area contributed by atoms with Gasteiger partial charge < -0.3 is 25.2 Å². The van der Waals surface area contributed by atoms with Crippen LogP contribution in [0.5, 0.6) is 5.75 Å². The number of aromatic nitrogens is 2. The Balaban J connectivity index is 1.21. The van der Waals surface area contributed by atoms with Crippen LogP contribution in [-0.2, 0) is 6.54 Å². The van der Waals surface area contributed by atoms with Crippen LogP contribution in [-0.4, -0.2) is 66.7 Å². The van der Waals surface area contributed by atoms with Crippen LogP contribution < -0.4 is 20.3 Å². The van der Waals surface area contributed by atoms with E-state index in [0.29, 0.717) is 34.7 Å². The van der Waals surface area contributed by atoms with Crippen molar-refractivity contribution in [2.24, 2.45) is 17.8 Å². The summed E-state index contributed by atoms with van der Waals surface area (Å²) in [5.74, 6) is 4.36. The molecule has 0 spiro atoms. The van der Waals surface area contributed by atoms with E-state index < -0.39 is 0 Å². The Morgan fingerprint density at radius 1 is 1.27 bits per heavy atom. The highest BCUT2D eigenvalue weighted by Gasteiger charge is 2.81. The number of carbonyl (C=O) groups is 1. The van der Waals surface area contributed by atoms with Crippen molar-refractivity contribution in [3.05, 3.63) is 40.5 Å². The number of carbonyl (C=O) groups excluding carboxylic acids is 1. The molecule has 5 fully saturated rings. The van der Waals surface area contributed by atoms with Gasteiger partial charge in [-0.05, 0) is 68.4 Å². The van der Waals surface area contributed by atoms with Gasteiger partial charge in [0.15, 0.2) is 0 Å². The number of nitrogens with zero attached hydrogens (tertiary/aromatic N) is 4. The van der Waals surface area contributed by atoms with Gasteiger partial charge in [-0.2, -0.15) is 4.98 Å². The predicted octanol–water partition coefficient (Wildman–Crippen LogP) is 2.64. The normalized spacial score (nSPS) is 27.8. The summed E-state index contributed by atoms with van der Waals surface area (Å²) in [6, 6.07) is 6.46. The first-order valence-electron chi connectivity index (χ1n) is 11.7. The van der Waals surface area contributed by atoms with Crippen LogP contribution in [0.1, 0.15) is 28.8 Å². The summed E-state index contributed by atoms with van der Waals surface area (Å²) in [4.78, 5) is 27.2. The molecule has 9 heteroatoms. The van der Waals surface area contributed by atoms with Crippen LogP contribution in [0.3, 0.4) is 0 Å². The van der Waals surface area contributed by atoms with Crippen molar-refractivity contribution in [2.75, 3.05) is 44.0 Å². The average molecular weight is 469 g/mol. The number of amides is 1. The fraction of sp³-hybridized carbons (Fsp3) is 0.542. The zero-order chi connectivity index (χ0) is 22.7. The molecule has 2 bridgehead atoms. The SMILES string of the molecule is COc1ccc(CNc2nc(N3CC4C5C4C53)ncc2C(=O)NC2CCN(C)CC2)cc1Cl. The minimum absolute atomic E-state index is 0.122. The summed E-state index contributed by atoms with van der Waals surface area (Å²) >= 11 is 6.29. The number of fused-ring (bicyclic) bond motifs is 1. The van der Waals surface area contributed by atoms with E-state index in [2.05, 4.69) is 32.5 Å². The van der Waals surface area contributed by atoms with Crippen LogP contribution in [0, 0.1) is 17.8 Å². The van der Waals surface area contributed by atoms with Crippen molar-refractivity contribution in [3.8, 4) is 5.75 Å². The molecule has 7 rings (SSSR count). The lowest BCUT2D eigenvalue weighted by Gasteiger charge is -2.29. The van der Waals surface area contributed by atoms with E-state index in [1.165, 1.54) is 0 Å². The Bertz CT molecular complexity index is 1070. The van der Waals surface area contributed by atoms with Crippen molar-refractivity contribution in [1.82, 2.24) is 20.2 Å². The molecule has 174 valence electrons. The second-order valence-electron chi connectivity index (χ2n) is 9.77. The number of ether oxygens (including phenoxy) is 1. The number of piperidine rings is 2. The van der Waals surface area contributed by atoms with Gasteiger partial charge in [0.25, 0.3) is 5.91 Å². The Hall–Kier alpha value is -2.58. The Labute approximate surface area is 198 Å². The molecule has 3 aliphatic heterocycles. The minimum Gasteiger partial charge on any atom is -0.495 e. The number of anilines is 2. The summed E-state index contributed by atoms with van der Waals surface area (Å²) in [5.41, 5.74) is 1.46. The van der Waals surface area contributed by atoms with Crippen molar-refractivity contribution >= 4 is 29.3 Å². The lowest BCUT2D eigenvalue weighted by molar-refractivity contribution is 0.0917. The van der Waals surface area contributed by atoms with Gasteiger partial charge in [-0.15, -0.1) is 0 Å². The van der Waals surface area contributed by atoms with Crippen molar-refractivity contribution in [1.29, 1.82) is 0 Å². The molecule has 4 heterocycles. The van der Waals surface area contributed by atoms with Gasteiger partial charge in [0.05, 0.1) is 12.1 Å². The lowest BCUT2D eigenvalue weighted by Crippen LogP contribution is -2.43. The third kappa shape index (κ3) is 3.79. The van der Waals surface area contributed by atoms with Gasteiger partial charge in [-0.1, -0.05) is 17.7 Å². The fourth-order valence-electron chi connectivity index (χ4n) is 5.59. The van der Waals surface area contributed by atoms with Crippen LogP contribution in [0.2, 0.25) is 5.02 Å². The quantitative estimate of drug-likeness (QED) is 0.646. The van der Waals surface area contributed by atoms with E-state index in [4.69, 9.17) is 21.3 Å².